The van der Waals surface area contributed by atoms with Gasteiger partial charge in [-0.2, -0.15) is 10.2 Å². The number of rotatable bonds is 4. The van der Waals surface area contributed by atoms with Crippen LogP contribution in [0.15, 0.2) is 53.5 Å². The molecule has 0 fully saturated rings. The maximum Gasteiger partial charge on any atom is 0.264 e. The first kappa shape index (κ1) is 14.7. The molecule has 2 heterocycles. The molecule has 0 aliphatic carbocycles. The Morgan fingerprint density at radius 1 is 1.22 bits per heavy atom. The fraction of sp³-hybridized carbons (Fsp3) is 0.125. The average molecular weight is 309 g/mol. The molecule has 3 aromatic rings. The van der Waals surface area contributed by atoms with E-state index in [1.54, 1.807) is 10.7 Å². The van der Waals surface area contributed by atoms with Crippen LogP contribution < -0.4 is 10.9 Å². The number of carbonyl (C=O) groups excluding carboxylic acids is 1. The molecular formula is C16H15N5O2. The van der Waals surface area contributed by atoms with E-state index >= 15 is 0 Å². The van der Waals surface area contributed by atoms with Crippen molar-refractivity contribution in [2.24, 2.45) is 0 Å². The Bertz CT molecular complexity index is 862. The monoisotopic (exact) mass is 309 g/mol. The quantitative estimate of drug-likeness (QED) is 0.768. The number of aromatic amines is 1. The Balaban J connectivity index is 1.93. The van der Waals surface area contributed by atoms with E-state index in [0.717, 1.165) is 11.4 Å². The summed E-state index contributed by atoms with van der Waals surface area (Å²) in [5.74, 6) is 0.226. The van der Waals surface area contributed by atoms with Crippen LogP contribution >= 0.6 is 0 Å². The third kappa shape index (κ3) is 3.03. The van der Waals surface area contributed by atoms with Gasteiger partial charge in [-0.15, -0.1) is 0 Å². The summed E-state index contributed by atoms with van der Waals surface area (Å²) >= 11 is 0. The second-order valence-electron chi connectivity index (χ2n) is 4.87. The number of hydrogen-bond donors (Lipinski definition) is 2. The number of hydrogen-bond acceptors (Lipinski definition) is 4. The Morgan fingerprint density at radius 2 is 2.00 bits per heavy atom. The molecule has 1 aromatic carbocycles. The van der Waals surface area contributed by atoms with Crippen LogP contribution in [0.25, 0.3) is 5.82 Å². The second kappa shape index (κ2) is 6.27. The van der Waals surface area contributed by atoms with Gasteiger partial charge in [0.15, 0.2) is 5.82 Å². The largest absolute Gasteiger partial charge is 0.322 e. The molecule has 0 saturated carbocycles. The van der Waals surface area contributed by atoms with Gasteiger partial charge in [0.1, 0.15) is 0 Å². The minimum absolute atomic E-state index is 0.233. The highest BCUT2D eigenvalue weighted by Crippen LogP contribution is 2.16. The predicted octanol–water partition coefficient (Wildman–Crippen LogP) is 1.77. The average Bonchev–Trinajstić information content (AvgIpc) is 3.00. The van der Waals surface area contributed by atoms with Crippen LogP contribution in [0.1, 0.15) is 23.0 Å². The molecule has 0 bridgehead atoms. The van der Waals surface area contributed by atoms with Gasteiger partial charge in [0.2, 0.25) is 0 Å². The van der Waals surface area contributed by atoms with Crippen LogP contribution in [-0.4, -0.2) is 25.9 Å². The lowest BCUT2D eigenvalue weighted by molar-refractivity contribution is 0.102. The van der Waals surface area contributed by atoms with Gasteiger partial charge in [-0.3, -0.25) is 9.59 Å². The van der Waals surface area contributed by atoms with Crippen molar-refractivity contribution in [2.45, 2.75) is 13.3 Å². The molecular weight excluding hydrogens is 294 g/mol. The van der Waals surface area contributed by atoms with Crippen molar-refractivity contribution in [3.8, 4) is 5.82 Å². The van der Waals surface area contributed by atoms with E-state index in [2.05, 4.69) is 20.6 Å². The highest BCUT2D eigenvalue weighted by Gasteiger charge is 2.17. The topological polar surface area (TPSA) is 92.7 Å². The van der Waals surface area contributed by atoms with E-state index in [-0.39, 0.29) is 11.5 Å². The summed E-state index contributed by atoms with van der Waals surface area (Å²) in [7, 11) is 0. The molecule has 0 spiro atoms. The number of aromatic nitrogens is 4. The first-order chi connectivity index (χ1) is 11.2. The van der Waals surface area contributed by atoms with Crippen molar-refractivity contribution in [3.05, 3.63) is 70.3 Å². The highest BCUT2D eigenvalue weighted by molar-refractivity contribution is 6.05. The molecule has 0 aliphatic rings. The zero-order valence-electron chi connectivity index (χ0n) is 12.5. The highest BCUT2D eigenvalue weighted by atomic mass is 16.1. The van der Waals surface area contributed by atoms with Gasteiger partial charge in [-0.05, 0) is 24.6 Å². The third-order valence-electron chi connectivity index (χ3n) is 3.36. The van der Waals surface area contributed by atoms with Crippen molar-refractivity contribution in [3.63, 3.8) is 0 Å². The van der Waals surface area contributed by atoms with E-state index < -0.39 is 0 Å². The summed E-state index contributed by atoms with van der Waals surface area (Å²) in [6.07, 6.45) is 2.10. The van der Waals surface area contributed by atoms with Gasteiger partial charge < -0.3 is 5.32 Å². The van der Waals surface area contributed by atoms with Crippen LogP contribution in [0.3, 0.4) is 0 Å². The number of carbonyl (C=O) groups is 1. The number of nitrogens with zero attached hydrogens (tertiary/aromatic N) is 3. The molecule has 0 unspecified atom stereocenters. The summed E-state index contributed by atoms with van der Waals surface area (Å²) in [6, 6.07) is 12.1. The number of amides is 1. The fourth-order valence-corrected chi connectivity index (χ4v) is 2.28. The molecule has 1 amide bonds. The van der Waals surface area contributed by atoms with Crippen molar-refractivity contribution >= 4 is 11.6 Å². The van der Waals surface area contributed by atoms with Gasteiger partial charge in [0.05, 0.1) is 17.5 Å². The molecule has 23 heavy (non-hydrogen) atoms. The fourth-order valence-electron chi connectivity index (χ4n) is 2.28. The van der Waals surface area contributed by atoms with E-state index in [1.165, 1.54) is 12.3 Å². The van der Waals surface area contributed by atoms with Crippen LogP contribution in [-0.2, 0) is 6.42 Å². The number of anilines is 1. The van der Waals surface area contributed by atoms with E-state index in [9.17, 15) is 9.59 Å². The molecule has 2 N–H and O–H groups in total. The number of nitrogens with one attached hydrogen (secondary N) is 2. The molecule has 7 heteroatoms. The Labute approximate surface area is 132 Å². The minimum Gasteiger partial charge on any atom is -0.322 e. The van der Waals surface area contributed by atoms with Crippen molar-refractivity contribution in [2.75, 3.05) is 5.32 Å². The Kier molecular flexibility index (Phi) is 4.01. The molecule has 0 saturated heterocycles. The van der Waals surface area contributed by atoms with Crippen LogP contribution in [0.5, 0.6) is 0 Å². The Hall–Kier alpha value is -3.22. The summed E-state index contributed by atoms with van der Waals surface area (Å²) < 4.78 is 1.55. The first-order valence-electron chi connectivity index (χ1n) is 7.18. The van der Waals surface area contributed by atoms with Crippen LogP contribution in [0.4, 0.5) is 5.69 Å². The third-order valence-corrected chi connectivity index (χ3v) is 3.36. The molecule has 3 rings (SSSR count). The maximum atomic E-state index is 12.4. The normalized spacial score (nSPS) is 10.5. The van der Waals surface area contributed by atoms with Crippen molar-refractivity contribution < 1.29 is 4.79 Å². The zero-order chi connectivity index (χ0) is 16.2. The molecule has 116 valence electrons. The van der Waals surface area contributed by atoms with Gasteiger partial charge in [0.25, 0.3) is 11.5 Å². The van der Waals surface area contributed by atoms with Crippen LogP contribution in [0, 0.1) is 0 Å². The molecule has 2 aromatic heterocycles. The number of benzene rings is 1. The summed E-state index contributed by atoms with van der Waals surface area (Å²) in [4.78, 5) is 23.6. The van der Waals surface area contributed by atoms with Crippen molar-refractivity contribution in [1.82, 2.24) is 20.0 Å². The first-order valence-corrected chi connectivity index (χ1v) is 7.18. The van der Waals surface area contributed by atoms with Gasteiger partial charge in [-0.25, -0.2) is 9.78 Å². The maximum absolute atomic E-state index is 12.4. The zero-order valence-corrected chi connectivity index (χ0v) is 12.5. The lowest BCUT2D eigenvalue weighted by Gasteiger charge is -2.07. The van der Waals surface area contributed by atoms with Crippen LogP contribution in [0.2, 0.25) is 0 Å². The van der Waals surface area contributed by atoms with Gasteiger partial charge in [-0.1, -0.05) is 25.1 Å². The SMILES string of the molecule is CCc1c(C(=O)Nc2ccccc2)cnn1-c1ccc(=O)[nH]n1. The number of H-pyrrole nitrogens is 1. The molecule has 0 radical (unpaired) electrons. The summed E-state index contributed by atoms with van der Waals surface area (Å²) in [5.41, 5.74) is 1.62. The smallest absolute Gasteiger partial charge is 0.264 e. The van der Waals surface area contributed by atoms with Crippen molar-refractivity contribution in [1.29, 1.82) is 0 Å². The lowest BCUT2D eigenvalue weighted by Crippen LogP contribution is -2.15. The summed E-state index contributed by atoms with van der Waals surface area (Å²) in [6.45, 7) is 1.93. The minimum atomic E-state index is -0.291. The molecule has 0 aliphatic heterocycles. The summed E-state index contributed by atoms with van der Waals surface area (Å²) in [5, 5.41) is 13.4. The lowest BCUT2D eigenvalue weighted by atomic mass is 10.2. The van der Waals surface area contributed by atoms with E-state index in [1.807, 2.05) is 37.3 Å². The molecule has 0 atom stereocenters. The second-order valence-corrected chi connectivity index (χ2v) is 4.87. The van der Waals surface area contributed by atoms with Gasteiger partial charge >= 0.3 is 0 Å². The van der Waals surface area contributed by atoms with Gasteiger partial charge in [0, 0.05) is 11.8 Å². The molecule has 7 nitrogen and oxygen atoms in total. The number of para-hydroxylation sites is 1. The standard InChI is InChI=1S/C16H15N5O2/c1-2-13-12(16(23)18-11-6-4-3-5-7-11)10-17-21(13)14-8-9-15(22)20-19-14/h3-10H,2H2,1H3,(H,18,23)(H,20,22). The van der Waals surface area contributed by atoms with E-state index in [4.69, 9.17) is 0 Å². The predicted molar refractivity (Wildman–Crippen MR) is 85.8 cm³/mol. The Morgan fingerprint density at radius 3 is 2.65 bits per heavy atom. The van der Waals surface area contributed by atoms with E-state index in [0.29, 0.717) is 17.8 Å².